The number of thiazole rings is 1. The van der Waals surface area contributed by atoms with E-state index < -0.39 is 0 Å². The summed E-state index contributed by atoms with van der Waals surface area (Å²) in [6, 6.07) is 4.38. The quantitative estimate of drug-likeness (QED) is 0.584. The standard InChI is InChI=1S/C24H31N3OS.FH/c1-8-21(11-17(4)20-9-15(2)18(5)16(3)10-20)26(7)14-24(28)27-12-22-23(13-27)29-19(6)25-22;/h9-11H,4,8,12-14H2,1-3,5-7H3;1H/b21-11-;. The highest BCUT2D eigenvalue weighted by atomic mass is 32.1. The number of amides is 1. The summed E-state index contributed by atoms with van der Waals surface area (Å²) >= 11 is 1.70. The zero-order valence-corrected chi connectivity index (χ0v) is 19.7. The summed E-state index contributed by atoms with van der Waals surface area (Å²) in [5, 5.41) is 1.08. The molecule has 0 bridgehead atoms. The topological polar surface area (TPSA) is 36.4 Å². The van der Waals surface area contributed by atoms with Gasteiger partial charge in [0.25, 0.3) is 0 Å². The number of fused-ring (bicyclic) bond motifs is 1. The number of hydrogen-bond acceptors (Lipinski definition) is 4. The molecule has 4 nitrogen and oxygen atoms in total. The molecule has 0 atom stereocenters. The molecule has 1 aliphatic rings. The van der Waals surface area contributed by atoms with Gasteiger partial charge in [-0.05, 0) is 68.0 Å². The van der Waals surface area contributed by atoms with E-state index in [1.54, 1.807) is 11.3 Å². The van der Waals surface area contributed by atoms with Crippen LogP contribution in [0.5, 0.6) is 0 Å². The Morgan fingerprint density at radius 2 is 1.87 bits per heavy atom. The minimum Gasteiger partial charge on any atom is -0.369 e. The lowest BCUT2D eigenvalue weighted by molar-refractivity contribution is -0.132. The molecule has 30 heavy (non-hydrogen) atoms. The Labute approximate surface area is 183 Å². The third-order valence-electron chi connectivity index (χ3n) is 5.78. The molecule has 0 saturated carbocycles. The fourth-order valence-corrected chi connectivity index (χ4v) is 4.70. The van der Waals surface area contributed by atoms with E-state index in [1.807, 2.05) is 23.8 Å². The fourth-order valence-electron chi connectivity index (χ4n) is 3.74. The van der Waals surface area contributed by atoms with Crippen molar-refractivity contribution in [2.24, 2.45) is 0 Å². The number of allylic oxidation sites excluding steroid dienone is 3. The van der Waals surface area contributed by atoms with Gasteiger partial charge in [-0.3, -0.25) is 9.50 Å². The number of aryl methyl sites for hydroxylation is 3. The first-order valence-corrected chi connectivity index (χ1v) is 10.9. The summed E-state index contributed by atoms with van der Waals surface area (Å²) in [7, 11) is 1.99. The van der Waals surface area contributed by atoms with Crippen molar-refractivity contribution >= 4 is 22.8 Å². The lowest BCUT2D eigenvalue weighted by Crippen LogP contribution is -2.35. The Kier molecular flexibility index (Phi) is 7.59. The number of benzene rings is 1. The third kappa shape index (κ3) is 4.98. The van der Waals surface area contributed by atoms with Gasteiger partial charge in [-0.25, -0.2) is 4.98 Å². The van der Waals surface area contributed by atoms with E-state index in [0.717, 1.165) is 34.0 Å². The minimum atomic E-state index is 0. The van der Waals surface area contributed by atoms with Gasteiger partial charge in [-0.1, -0.05) is 25.6 Å². The Morgan fingerprint density at radius 3 is 2.43 bits per heavy atom. The zero-order chi connectivity index (χ0) is 21.3. The maximum absolute atomic E-state index is 12.8. The number of likely N-dealkylation sites (N-methyl/N-ethyl adjacent to an activating group) is 1. The molecule has 1 aliphatic heterocycles. The zero-order valence-electron chi connectivity index (χ0n) is 18.8. The summed E-state index contributed by atoms with van der Waals surface area (Å²) in [6.45, 7) is 16.5. The van der Waals surface area contributed by atoms with Crippen LogP contribution in [0.1, 0.15) is 51.2 Å². The van der Waals surface area contributed by atoms with Gasteiger partial charge in [0, 0.05) is 17.6 Å². The van der Waals surface area contributed by atoms with Crippen molar-refractivity contribution in [3.8, 4) is 0 Å². The summed E-state index contributed by atoms with van der Waals surface area (Å²) in [5.41, 5.74) is 8.18. The van der Waals surface area contributed by atoms with E-state index in [-0.39, 0.29) is 10.6 Å². The van der Waals surface area contributed by atoms with Crippen molar-refractivity contribution in [1.29, 1.82) is 0 Å². The summed E-state index contributed by atoms with van der Waals surface area (Å²) in [4.78, 5) is 22.5. The van der Waals surface area contributed by atoms with Crippen LogP contribution in [-0.4, -0.2) is 34.3 Å². The molecule has 0 saturated heterocycles. The van der Waals surface area contributed by atoms with Gasteiger partial charge in [-0.15, -0.1) is 11.3 Å². The van der Waals surface area contributed by atoms with Crippen LogP contribution in [0.15, 0.2) is 30.5 Å². The Hall–Kier alpha value is -2.47. The normalized spacial score (nSPS) is 13.1. The monoisotopic (exact) mass is 429 g/mol. The minimum absolute atomic E-state index is 0. The van der Waals surface area contributed by atoms with Crippen LogP contribution in [0.2, 0.25) is 0 Å². The molecule has 3 rings (SSSR count). The molecule has 0 radical (unpaired) electrons. The van der Waals surface area contributed by atoms with Crippen LogP contribution in [0, 0.1) is 27.7 Å². The van der Waals surface area contributed by atoms with Crippen molar-refractivity contribution in [3.63, 3.8) is 0 Å². The Morgan fingerprint density at radius 1 is 1.23 bits per heavy atom. The third-order valence-corrected chi connectivity index (χ3v) is 6.77. The molecule has 0 aliphatic carbocycles. The van der Waals surface area contributed by atoms with Crippen molar-refractivity contribution in [2.45, 2.75) is 54.1 Å². The van der Waals surface area contributed by atoms with Crippen LogP contribution in [0.3, 0.4) is 0 Å². The molecule has 0 N–H and O–H groups in total. The Bertz CT molecular complexity index is 946. The lowest BCUT2D eigenvalue weighted by Gasteiger charge is -2.25. The number of aromatic nitrogens is 1. The second-order valence-corrected chi connectivity index (χ2v) is 9.25. The van der Waals surface area contributed by atoms with E-state index in [2.05, 4.69) is 57.5 Å². The number of halogens is 1. The van der Waals surface area contributed by atoms with E-state index in [0.29, 0.717) is 19.6 Å². The fraction of sp³-hybridized carbons (Fsp3) is 0.417. The molecule has 162 valence electrons. The lowest BCUT2D eigenvalue weighted by atomic mass is 9.96. The molecular weight excluding hydrogens is 397 g/mol. The second-order valence-electron chi connectivity index (χ2n) is 7.96. The van der Waals surface area contributed by atoms with Gasteiger partial charge in [0.15, 0.2) is 0 Å². The van der Waals surface area contributed by atoms with Crippen molar-refractivity contribution in [1.82, 2.24) is 14.8 Å². The average Bonchev–Trinajstić information content (AvgIpc) is 3.20. The highest BCUT2D eigenvalue weighted by Crippen LogP contribution is 2.28. The predicted molar refractivity (Wildman–Crippen MR) is 124 cm³/mol. The van der Waals surface area contributed by atoms with Crippen molar-refractivity contribution in [2.75, 3.05) is 13.6 Å². The maximum atomic E-state index is 12.8. The predicted octanol–water partition coefficient (Wildman–Crippen LogP) is 5.31. The van der Waals surface area contributed by atoms with Gasteiger partial charge in [-0.2, -0.15) is 0 Å². The van der Waals surface area contributed by atoms with Crippen LogP contribution in [0.4, 0.5) is 4.70 Å². The molecule has 0 fully saturated rings. The number of nitrogens with zero attached hydrogens (tertiary/aromatic N) is 3. The van der Waals surface area contributed by atoms with Gasteiger partial charge in [0.2, 0.25) is 5.91 Å². The second kappa shape index (κ2) is 9.56. The molecule has 2 aromatic rings. The van der Waals surface area contributed by atoms with Gasteiger partial charge in [0.1, 0.15) is 0 Å². The molecule has 1 aromatic heterocycles. The summed E-state index contributed by atoms with van der Waals surface area (Å²) in [5.74, 6) is 0.141. The van der Waals surface area contributed by atoms with Crippen LogP contribution >= 0.6 is 11.3 Å². The molecule has 1 aromatic carbocycles. The SMILES string of the molecule is C=C(/C=C(/CC)N(C)CC(=O)N1Cc2nc(C)sc2C1)c1cc(C)c(C)c(C)c1.F. The molecule has 2 heterocycles. The highest BCUT2D eigenvalue weighted by Gasteiger charge is 2.27. The van der Waals surface area contributed by atoms with Crippen molar-refractivity contribution < 1.29 is 9.50 Å². The number of rotatable bonds is 6. The number of carbonyl (C=O) groups is 1. The Balaban J connectivity index is 0.00000320. The average molecular weight is 430 g/mol. The maximum Gasteiger partial charge on any atom is 0.242 e. The van der Waals surface area contributed by atoms with Crippen LogP contribution < -0.4 is 0 Å². The van der Waals surface area contributed by atoms with Crippen molar-refractivity contribution in [3.05, 3.63) is 68.3 Å². The molecule has 0 unspecified atom stereocenters. The largest absolute Gasteiger partial charge is 0.369 e. The summed E-state index contributed by atoms with van der Waals surface area (Å²) < 4.78 is 0. The molecule has 6 heteroatoms. The van der Waals surface area contributed by atoms with E-state index >= 15 is 0 Å². The molecule has 1 amide bonds. The number of hydrogen-bond donors (Lipinski definition) is 0. The van der Waals surface area contributed by atoms with Crippen LogP contribution in [0.25, 0.3) is 5.57 Å². The van der Waals surface area contributed by atoms with E-state index in [1.165, 1.54) is 21.6 Å². The van der Waals surface area contributed by atoms with Gasteiger partial charge in [0.05, 0.1) is 30.3 Å². The van der Waals surface area contributed by atoms with E-state index in [9.17, 15) is 4.79 Å². The molecular formula is C24H32FN3OS. The highest BCUT2D eigenvalue weighted by molar-refractivity contribution is 7.11. The first-order chi connectivity index (χ1) is 13.7. The first kappa shape index (κ1) is 23.8. The van der Waals surface area contributed by atoms with Gasteiger partial charge < -0.3 is 9.80 Å². The first-order valence-electron chi connectivity index (χ1n) is 10.1. The summed E-state index contributed by atoms with van der Waals surface area (Å²) in [6.07, 6.45) is 2.96. The van der Waals surface area contributed by atoms with Gasteiger partial charge >= 0.3 is 0 Å². The number of carbonyl (C=O) groups excluding carboxylic acids is 1. The smallest absolute Gasteiger partial charge is 0.242 e. The van der Waals surface area contributed by atoms with Crippen LogP contribution in [-0.2, 0) is 17.9 Å². The molecule has 0 spiro atoms. The van der Waals surface area contributed by atoms with E-state index in [4.69, 9.17) is 0 Å².